The lowest BCUT2D eigenvalue weighted by atomic mass is 10.1. The van der Waals surface area contributed by atoms with Gasteiger partial charge in [-0.3, -0.25) is 4.79 Å². The number of carbonyl (C=O) groups excluding carboxylic acids is 1. The highest BCUT2D eigenvalue weighted by Gasteiger charge is 2.17. The number of aromatic amines is 1. The molecule has 0 bridgehead atoms. The lowest BCUT2D eigenvalue weighted by Gasteiger charge is -2.18. The van der Waals surface area contributed by atoms with Gasteiger partial charge in [-0.2, -0.15) is 0 Å². The fraction of sp³-hybridized carbons (Fsp3) is 0.235. The van der Waals surface area contributed by atoms with E-state index in [-0.39, 0.29) is 5.91 Å². The molecule has 2 N–H and O–H groups in total. The molecule has 0 aromatic carbocycles. The smallest absolute Gasteiger partial charge is 0.263 e. The van der Waals surface area contributed by atoms with Crippen molar-refractivity contribution >= 4 is 34.5 Å². The first-order valence-electron chi connectivity index (χ1n) is 7.55. The van der Waals surface area contributed by atoms with Gasteiger partial charge in [0.05, 0.1) is 4.88 Å². The largest absolute Gasteiger partial charge is 0.346 e. The van der Waals surface area contributed by atoms with Crippen LogP contribution < -0.4 is 0 Å². The lowest BCUT2D eigenvalue weighted by molar-refractivity contribution is 0.0774. The van der Waals surface area contributed by atoms with Crippen LogP contribution in [0.3, 0.4) is 0 Å². The Morgan fingerprint density at radius 1 is 1.39 bits per heavy atom. The van der Waals surface area contributed by atoms with Gasteiger partial charge < -0.3 is 15.3 Å². The second kappa shape index (κ2) is 6.75. The number of nitrogens with one attached hydrogen (secondary N) is 2. The zero-order chi connectivity index (χ0) is 16.2. The van der Waals surface area contributed by atoms with Crippen molar-refractivity contribution in [3.8, 4) is 10.4 Å². The Kier molecular flexibility index (Phi) is 4.52. The summed E-state index contributed by atoms with van der Waals surface area (Å²) in [5, 5.41) is 8.19. The number of thiophene rings is 1. The van der Waals surface area contributed by atoms with Crippen LogP contribution in [-0.2, 0) is 0 Å². The zero-order valence-electron chi connectivity index (χ0n) is 12.9. The minimum absolute atomic E-state index is 0.0324. The second-order valence-corrected chi connectivity index (χ2v) is 6.22. The summed E-state index contributed by atoms with van der Waals surface area (Å²) in [6, 6.07) is 7.85. The molecule has 0 spiro atoms. The van der Waals surface area contributed by atoms with Crippen LogP contribution in [0.25, 0.3) is 21.5 Å². The fourth-order valence-electron chi connectivity index (χ4n) is 2.55. The Hall–Kier alpha value is -2.47. The van der Waals surface area contributed by atoms with E-state index < -0.39 is 0 Å². The molecule has 0 aliphatic carbocycles. The van der Waals surface area contributed by atoms with Crippen LogP contribution in [0.15, 0.2) is 36.7 Å². The molecule has 3 heterocycles. The van der Waals surface area contributed by atoms with E-state index in [1.807, 2.05) is 37.4 Å². The predicted octanol–water partition coefficient (Wildman–Crippen LogP) is 3.79. The number of pyridine rings is 1. The van der Waals surface area contributed by atoms with Gasteiger partial charge in [-0.25, -0.2) is 4.98 Å². The first-order chi connectivity index (χ1) is 11.2. The van der Waals surface area contributed by atoms with Gasteiger partial charge >= 0.3 is 0 Å². The van der Waals surface area contributed by atoms with Crippen molar-refractivity contribution in [2.75, 3.05) is 13.1 Å². The van der Waals surface area contributed by atoms with Gasteiger partial charge in [0.15, 0.2) is 0 Å². The normalized spacial score (nSPS) is 10.8. The number of fused-ring (bicyclic) bond motifs is 1. The number of aromatic nitrogens is 2. The van der Waals surface area contributed by atoms with Gasteiger partial charge in [-0.05, 0) is 43.8 Å². The standard InChI is InChI=1S/C17H18N4OS/c1-2-21(11-3-8-18)17(22)15-5-4-14(23-15)12-6-9-19-16-13(12)7-10-20-16/h4-10,18H,2-3,11H2,1H3,(H,19,20). The summed E-state index contributed by atoms with van der Waals surface area (Å²) in [5.41, 5.74) is 1.94. The van der Waals surface area contributed by atoms with Crippen molar-refractivity contribution in [1.29, 1.82) is 5.41 Å². The maximum atomic E-state index is 12.6. The topological polar surface area (TPSA) is 72.8 Å². The molecule has 0 radical (unpaired) electrons. The van der Waals surface area contributed by atoms with E-state index in [1.54, 1.807) is 11.1 Å². The van der Waals surface area contributed by atoms with E-state index >= 15 is 0 Å². The summed E-state index contributed by atoms with van der Waals surface area (Å²) >= 11 is 1.50. The van der Waals surface area contributed by atoms with Crippen LogP contribution >= 0.6 is 11.3 Å². The minimum atomic E-state index is 0.0324. The number of carbonyl (C=O) groups is 1. The molecule has 0 saturated heterocycles. The lowest BCUT2D eigenvalue weighted by Crippen LogP contribution is -2.31. The van der Waals surface area contributed by atoms with Crippen LogP contribution in [-0.4, -0.2) is 40.1 Å². The van der Waals surface area contributed by atoms with E-state index in [4.69, 9.17) is 5.41 Å². The van der Waals surface area contributed by atoms with Gasteiger partial charge in [0.2, 0.25) is 0 Å². The van der Waals surface area contributed by atoms with Gasteiger partial charge in [-0.1, -0.05) is 0 Å². The molecule has 1 amide bonds. The molecule has 0 aliphatic rings. The molecule has 5 nitrogen and oxygen atoms in total. The van der Waals surface area contributed by atoms with E-state index in [0.717, 1.165) is 26.4 Å². The van der Waals surface area contributed by atoms with Gasteiger partial charge in [0, 0.05) is 41.3 Å². The number of hydrogen-bond donors (Lipinski definition) is 2. The Balaban J connectivity index is 1.89. The molecule has 3 aromatic rings. The first kappa shape index (κ1) is 15.4. The highest BCUT2D eigenvalue weighted by Crippen LogP contribution is 2.33. The molecular weight excluding hydrogens is 308 g/mol. The van der Waals surface area contributed by atoms with Crippen molar-refractivity contribution in [2.45, 2.75) is 13.3 Å². The molecular formula is C17H18N4OS. The third-order valence-electron chi connectivity index (χ3n) is 3.75. The molecule has 118 valence electrons. The van der Waals surface area contributed by atoms with Gasteiger partial charge in [-0.15, -0.1) is 11.3 Å². The highest BCUT2D eigenvalue weighted by molar-refractivity contribution is 7.17. The first-order valence-corrected chi connectivity index (χ1v) is 8.36. The predicted molar refractivity (Wildman–Crippen MR) is 94.4 cm³/mol. The van der Waals surface area contributed by atoms with E-state index in [2.05, 4.69) is 9.97 Å². The average molecular weight is 326 g/mol. The van der Waals surface area contributed by atoms with Crippen molar-refractivity contribution in [3.05, 3.63) is 41.5 Å². The molecule has 0 aliphatic heterocycles. The van der Waals surface area contributed by atoms with E-state index in [0.29, 0.717) is 19.5 Å². The summed E-state index contributed by atoms with van der Waals surface area (Å²) < 4.78 is 0. The molecule has 0 atom stereocenters. The van der Waals surface area contributed by atoms with Crippen LogP contribution in [0.5, 0.6) is 0 Å². The third kappa shape index (κ3) is 3.03. The SMILES string of the molecule is CCN(CCC=N)C(=O)c1ccc(-c2ccnc3[nH]ccc23)s1. The van der Waals surface area contributed by atoms with E-state index in [9.17, 15) is 4.79 Å². The van der Waals surface area contributed by atoms with E-state index in [1.165, 1.54) is 17.6 Å². The molecule has 0 saturated carbocycles. The monoisotopic (exact) mass is 326 g/mol. The molecule has 23 heavy (non-hydrogen) atoms. The summed E-state index contributed by atoms with van der Waals surface area (Å²) in [6.45, 7) is 3.20. The van der Waals surface area contributed by atoms with Crippen molar-refractivity contribution in [2.24, 2.45) is 0 Å². The van der Waals surface area contributed by atoms with Crippen LogP contribution in [0.2, 0.25) is 0 Å². The summed E-state index contributed by atoms with van der Waals surface area (Å²) in [5.74, 6) is 0.0324. The van der Waals surface area contributed by atoms with Gasteiger partial charge in [0.1, 0.15) is 5.65 Å². The second-order valence-electron chi connectivity index (χ2n) is 5.14. The summed E-state index contributed by atoms with van der Waals surface area (Å²) in [6.07, 6.45) is 5.58. The quantitative estimate of drug-likeness (QED) is 0.676. The van der Waals surface area contributed by atoms with Gasteiger partial charge in [0.25, 0.3) is 5.91 Å². The number of hydrogen-bond acceptors (Lipinski definition) is 4. The van der Waals surface area contributed by atoms with Crippen LogP contribution in [0.1, 0.15) is 23.0 Å². The Morgan fingerprint density at radius 2 is 2.26 bits per heavy atom. The maximum Gasteiger partial charge on any atom is 0.263 e. The fourth-order valence-corrected chi connectivity index (χ4v) is 3.57. The van der Waals surface area contributed by atoms with Crippen molar-refractivity contribution in [1.82, 2.24) is 14.9 Å². The number of H-pyrrole nitrogens is 1. The number of rotatable bonds is 6. The molecule has 6 heteroatoms. The van der Waals surface area contributed by atoms with Crippen LogP contribution in [0.4, 0.5) is 0 Å². The van der Waals surface area contributed by atoms with Crippen LogP contribution in [0, 0.1) is 5.41 Å². The summed E-state index contributed by atoms with van der Waals surface area (Å²) in [4.78, 5) is 23.6. The maximum absolute atomic E-state index is 12.6. The van der Waals surface area contributed by atoms with Crippen molar-refractivity contribution in [3.63, 3.8) is 0 Å². The zero-order valence-corrected chi connectivity index (χ0v) is 13.7. The summed E-state index contributed by atoms with van der Waals surface area (Å²) in [7, 11) is 0. The minimum Gasteiger partial charge on any atom is -0.346 e. The Labute approximate surface area is 138 Å². The molecule has 3 rings (SSSR count). The molecule has 0 unspecified atom stereocenters. The molecule has 3 aromatic heterocycles. The highest BCUT2D eigenvalue weighted by atomic mass is 32.1. The Morgan fingerprint density at radius 3 is 3.04 bits per heavy atom. The number of amides is 1. The van der Waals surface area contributed by atoms with Crippen molar-refractivity contribution < 1.29 is 4.79 Å². The molecule has 0 fully saturated rings. The third-order valence-corrected chi connectivity index (χ3v) is 4.86. The average Bonchev–Trinajstić information content (AvgIpc) is 3.24. The Bertz CT molecular complexity index is 836. The number of nitrogens with zero attached hydrogens (tertiary/aromatic N) is 2.